The first-order valence-electron chi connectivity index (χ1n) is 3.70. The van der Waals surface area contributed by atoms with E-state index in [0.29, 0.717) is 6.54 Å². The summed E-state index contributed by atoms with van der Waals surface area (Å²) in [6, 6.07) is -0.382. The van der Waals surface area contributed by atoms with Gasteiger partial charge in [0, 0.05) is 6.54 Å². The average molecular weight is 156 g/mol. The van der Waals surface area contributed by atoms with Gasteiger partial charge in [-0.2, -0.15) is 0 Å². The lowest BCUT2D eigenvalue weighted by Crippen LogP contribution is -2.53. The fourth-order valence-electron chi connectivity index (χ4n) is 1.08. The normalized spacial score (nSPS) is 24.8. The molecule has 4 heteroatoms. The third-order valence-corrected chi connectivity index (χ3v) is 1.86. The molecule has 11 heavy (non-hydrogen) atoms. The molecule has 1 atom stereocenters. The molecular weight excluding hydrogens is 144 g/mol. The second-order valence-corrected chi connectivity index (χ2v) is 3.05. The minimum absolute atomic E-state index is 0.0762. The van der Waals surface area contributed by atoms with Crippen LogP contribution in [-0.4, -0.2) is 18.5 Å². The third kappa shape index (κ3) is 1.69. The van der Waals surface area contributed by atoms with Crippen LogP contribution in [0.2, 0.25) is 0 Å². The summed E-state index contributed by atoms with van der Waals surface area (Å²) >= 11 is 0. The van der Waals surface area contributed by atoms with Crippen molar-refractivity contribution in [2.24, 2.45) is 11.8 Å². The van der Waals surface area contributed by atoms with E-state index in [-0.39, 0.29) is 23.8 Å². The average Bonchev–Trinajstić information content (AvgIpc) is 1.85. The summed E-state index contributed by atoms with van der Waals surface area (Å²) in [5, 5.41) is 4.79. The SMILES string of the molecule is CC(C)C1CNC(=O)NC1=O. The van der Waals surface area contributed by atoms with Crippen LogP contribution in [0, 0.1) is 11.8 Å². The fourth-order valence-corrected chi connectivity index (χ4v) is 1.08. The first kappa shape index (κ1) is 8.04. The molecule has 4 nitrogen and oxygen atoms in total. The predicted molar refractivity (Wildman–Crippen MR) is 39.9 cm³/mol. The van der Waals surface area contributed by atoms with Crippen LogP contribution in [0.15, 0.2) is 0 Å². The van der Waals surface area contributed by atoms with Gasteiger partial charge in [0.05, 0.1) is 5.92 Å². The minimum atomic E-state index is -0.382. The van der Waals surface area contributed by atoms with Crippen LogP contribution >= 0.6 is 0 Å². The van der Waals surface area contributed by atoms with Crippen molar-refractivity contribution in [3.63, 3.8) is 0 Å². The first-order chi connectivity index (χ1) is 5.11. The molecule has 0 radical (unpaired) electrons. The maximum absolute atomic E-state index is 11.1. The molecule has 0 spiro atoms. The maximum atomic E-state index is 11.1. The van der Waals surface area contributed by atoms with Gasteiger partial charge in [0.1, 0.15) is 0 Å². The van der Waals surface area contributed by atoms with Gasteiger partial charge in [0.15, 0.2) is 0 Å². The minimum Gasteiger partial charge on any atom is -0.337 e. The summed E-state index contributed by atoms with van der Waals surface area (Å²) in [7, 11) is 0. The second-order valence-electron chi connectivity index (χ2n) is 3.05. The van der Waals surface area contributed by atoms with Crippen molar-refractivity contribution in [1.82, 2.24) is 10.6 Å². The maximum Gasteiger partial charge on any atom is 0.321 e. The van der Waals surface area contributed by atoms with Gasteiger partial charge >= 0.3 is 6.03 Å². The van der Waals surface area contributed by atoms with E-state index in [9.17, 15) is 9.59 Å². The molecule has 1 aliphatic rings. The van der Waals surface area contributed by atoms with Crippen molar-refractivity contribution in [3.8, 4) is 0 Å². The van der Waals surface area contributed by atoms with E-state index < -0.39 is 0 Å². The summed E-state index contributed by atoms with van der Waals surface area (Å²) in [4.78, 5) is 21.7. The standard InChI is InChI=1S/C7H12N2O2/c1-4(2)5-3-8-7(11)9-6(5)10/h4-5H,3H2,1-2H3,(H2,8,9,10,11). The topological polar surface area (TPSA) is 58.2 Å². The molecule has 0 aromatic rings. The highest BCUT2D eigenvalue weighted by molar-refractivity contribution is 5.97. The van der Waals surface area contributed by atoms with Crippen molar-refractivity contribution >= 4 is 11.9 Å². The Hall–Kier alpha value is -1.06. The lowest BCUT2D eigenvalue weighted by Gasteiger charge is -2.24. The van der Waals surface area contributed by atoms with E-state index in [1.54, 1.807) is 0 Å². The Morgan fingerprint density at radius 1 is 1.45 bits per heavy atom. The van der Waals surface area contributed by atoms with Gasteiger partial charge in [0.2, 0.25) is 5.91 Å². The lowest BCUT2D eigenvalue weighted by atomic mass is 9.94. The van der Waals surface area contributed by atoms with E-state index in [4.69, 9.17) is 0 Å². The third-order valence-electron chi connectivity index (χ3n) is 1.86. The Labute approximate surface area is 65.3 Å². The van der Waals surface area contributed by atoms with Crippen LogP contribution in [0.25, 0.3) is 0 Å². The monoisotopic (exact) mass is 156 g/mol. The van der Waals surface area contributed by atoms with Crippen LogP contribution in [0.4, 0.5) is 4.79 Å². The summed E-state index contributed by atoms with van der Waals surface area (Å²) in [5.41, 5.74) is 0. The van der Waals surface area contributed by atoms with Gasteiger partial charge in [-0.05, 0) is 5.92 Å². The Balaban J connectivity index is 2.57. The molecule has 1 saturated heterocycles. The van der Waals surface area contributed by atoms with E-state index in [1.807, 2.05) is 13.8 Å². The summed E-state index contributed by atoms with van der Waals surface area (Å²) in [5.74, 6) is 0.0343. The van der Waals surface area contributed by atoms with Crippen LogP contribution in [0.3, 0.4) is 0 Å². The van der Waals surface area contributed by atoms with E-state index in [0.717, 1.165) is 0 Å². The molecule has 1 heterocycles. The smallest absolute Gasteiger partial charge is 0.321 e. The number of nitrogens with one attached hydrogen (secondary N) is 2. The number of amides is 3. The molecule has 1 rings (SSSR count). The number of rotatable bonds is 1. The molecular formula is C7H12N2O2. The molecule has 0 bridgehead atoms. The summed E-state index contributed by atoms with van der Waals surface area (Å²) in [6.45, 7) is 4.38. The van der Waals surface area contributed by atoms with Crippen molar-refractivity contribution in [2.75, 3.05) is 6.54 Å². The molecule has 1 unspecified atom stereocenters. The molecule has 0 aromatic heterocycles. The van der Waals surface area contributed by atoms with Gasteiger partial charge < -0.3 is 5.32 Å². The molecule has 1 aliphatic heterocycles. The quantitative estimate of drug-likeness (QED) is 0.565. The molecule has 0 saturated carbocycles. The molecule has 0 aromatic carbocycles. The van der Waals surface area contributed by atoms with Gasteiger partial charge in [-0.15, -0.1) is 0 Å². The van der Waals surface area contributed by atoms with Gasteiger partial charge in [-0.1, -0.05) is 13.8 Å². The largest absolute Gasteiger partial charge is 0.337 e. The van der Waals surface area contributed by atoms with E-state index in [1.165, 1.54) is 0 Å². The lowest BCUT2D eigenvalue weighted by molar-refractivity contribution is -0.125. The highest BCUT2D eigenvalue weighted by Gasteiger charge is 2.28. The zero-order valence-electron chi connectivity index (χ0n) is 6.68. The summed E-state index contributed by atoms with van der Waals surface area (Å²) < 4.78 is 0. The summed E-state index contributed by atoms with van der Waals surface area (Å²) in [6.07, 6.45) is 0. The van der Waals surface area contributed by atoms with Crippen LogP contribution < -0.4 is 10.6 Å². The number of imide groups is 1. The Bertz CT molecular complexity index is 189. The van der Waals surface area contributed by atoms with Gasteiger partial charge in [-0.25, -0.2) is 4.79 Å². The van der Waals surface area contributed by atoms with E-state index in [2.05, 4.69) is 10.6 Å². The molecule has 3 amide bonds. The van der Waals surface area contributed by atoms with Gasteiger partial charge in [0.25, 0.3) is 0 Å². The number of hydrogen-bond acceptors (Lipinski definition) is 2. The first-order valence-corrected chi connectivity index (χ1v) is 3.70. The predicted octanol–water partition coefficient (Wildman–Crippen LogP) is 0.0980. The Kier molecular flexibility index (Phi) is 2.12. The molecule has 2 N–H and O–H groups in total. The zero-order chi connectivity index (χ0) is 8.43. The van der Waals surface area contributed by atoms with Crippen molar-refractivity contribution in [3.05, 3.63) is 0 Å². The zero-order valence-corrected chi connectivity index (χ0v) is 6.68. The second kappa shape index (κ2) is 2.90. The Morgan fingerprint density at radius 2 is 2.09 bits per heavy atom. The molecule has 1 fully saturated rings. The molecule has 62 valence electrons. The molecule has 0 aliphatic carbocycles. The number of carbonyl (C=O) groups is 2. The van der Waals surface area contributed by atoms with Crippen molar-refractivity contribution in [2.45, 2.75) is 13.8 Å². The highest BCUT2D eigenvalue weighted by Crippen LogP contribution is 2.11. The number of urea groups is 1. The Morgan fingerprint density at radius 3 is 2.55 bits per heavy atom. The number of hydrogen-bond donors (Lipinski definition) is 2. The van der Waals surface area contributed by atoms with E-state index >= 15 is 0 Å². The van der Waals surface area contributed by atoms with Crippen molar-refractivity contribution in [1.29, 1.82) is 0 Å². The fraction of sp³-hybridized carbons (Fsp3) is 0.714. The van der Waals surface area contributed by atoms with Gasteiger partial charge in [-0.3, -0.25) is 10.1 Å². The van der Waals surface area contributed by atoms with Crippen molar-refractivity contribution < 1.29 is 9.59 Å². The highest BCUT2D eigenvalue weighted by atomic mass is 16.2. The van der Waals surface area contributed by atoms with Crippen LogP contribution in [0.1, 0.15) is 13.8 Å². The number of carbonyl (C=O) groups excluding carboxylic acids is 2. The van der Waals surface area contributed by atoms with Crippen LogP contribution in [0.5, 0.6) is 0 Å². The van der Waals surface area contributed by atoms with Crippen LogP contribution in [-0.2, 0) is 4.79 Å².